The average Bonchev–Trinajstić information content (AvgIpc) is 2.79. The molecule has 0 aromatic heterocycles. The van der Waals surface area contributed by atoms with E-state index in [1.807, 2.05) is 14.1 Å². The quantitative estimate of drug-likeness (QED) is 0.662. The summed E-state index contributed by atoms with van der Waals surface area (Å²) in [6, 6.07) is 15.2. The summed E-state index contributed by atoms with van der Waals surface area (Å²) in [5.41, 5.74) is 2.88. The molecule has 0 bridgehead atoms. The van der Waals surface area contributed by atoms with Crippen LogP contribution < -0.4 is 15.1 Å². The summed E-state index contributed by atoms with van der Waals surface area (Å²) < 4.78 is 10.3. The Hall–Kier alpha value is -2.90. The maximum absolute atomic E-state index is 12.9. The first kappa shape index (κ1) is 21.8. The Bertz CT molecular complexity index is 861. The van der Waals surface area contributed by atoms with E-state index in [0.29, 0.717) is 25.3 Å². The predicted octanol–water partition coefficient (Wildman–Crippen LogP) is 0.925. The highest BCUT2D eigenvalue weighted by Gasteiger charge is 2.27. The third-order valence-electron chi connectivity index (χ3n) is 5.48. The van der Waals surface area contributed by atoms with Crippen LogP contribution in [-0.4, -0.2) is 65.9 Å². The number of nitrogens with zero attached hydrogens (tertiary/aromatic N) is 1. The number of carbonyl (C=O) groups excluding carboxylic acids is 2. The standard InChI is InChI=1S/C23H29N3O4/c1-25(2)18-10-8-17(9-11-18)21(26-12-14-30-15-13-26)16-24-22(27)19-6-4-5-7-20(19)23(28)29-3/h4-11,21H,12-16H2,1-3H3,(H,24,27)/p+1/t21-/m0/s1. The van der Waals surface area contributed by atoms with Crippen LogP contribution in [0.5, 0.6) is 0 Å². The van der Waals surface area contributed by atoms with E-state index >= 15 is 0 Å². The fourth-order valence-electron chi connectivity index (χ4n) is 3.74. The summed E-state index contributed by atoms with van der Waals surface area (Å²) in [5, 5.41) is 3.03. The van der Waals surface area contributed by atoms with Gasteiger partial charge < -0.3 is 24.6 Å². The Morgan fingerprint density at radius 3 is 2.30 bits per heavy atom. The summed E-state index contributed by atoms with van der Waals surface area (Å²) in [4.78, 5) is 28.3. The van der Waals surface area contributed by atoms with Crippen molar-refractivity contribution < 1.29 is 24.0 Å². The maximum Gasteiger partial charge on any atom is 0.338 e. The molecule has 30 heavy (non-hydrogen) atoms. The van der Waals surface area contributed by atoms with E-state index in [1.54, 1.807) is 24.3 Å². The van der Waals surface area contributed by atoms with Crippen molar-refractivity contribution >= 4 is 17.6 Å². The first-order valence-corrected chi connectivity index (χ1v) is 10.2. The van der Waals surface area contributed by atoms with Crippen molar-refractivity contribution in [1.29, 1.82) is 0 Å². The number of morpholine rings is 1. The molecule has 1 fully saturated rings. The van der Waals surface area contributed by atoms with E-state index in [-0.39, 0.29) is 17.5 Å². The second-order valence-electron chi connectivity index (χ2n) is 7.56. The molecule has 0 unspecified atom stereocenters. The molecule has 2 aromatic carbocycles. The van der Waals surface area contributed by atoms with Crippen LogP contribution in [0, 0.1) is 0 Å². The second-order valence-corrected chi connectivity index (χ2v) is 7.56. The number of anilines is 1. The van der Waals surface area contributed by atoms with E-state index in [0.717, 1.165) is 18.8 Å². The van der Waals surface area contributed by atoms with Crippen molar-refractivity contribution in [2.45, 2.75) is 6.04 Å². The SMILES string of the molecule is COC(=O)c1ccccc1C(=O)NC[C@@H](c1ccc(N(C)C)cc1)[NH+]1CCOCC1. The molecule has 0 spiro atoms. The van der Waals surface area contributed by atoms with Gasteiger partial charge in [-0.3, -0.25) is 4.79 Å². The van der Waals surface area contributed by atoms with Crippen LogP contribution in [-0.2, 0) is 9.47 Å². The van der Waals surface area contributed by atoms with Crippen LogP contribution in [0.2, 0.25) is 0 Å². The van der Waals surface area contributed by atoms with Gasteiger partial charge >= 0.3 is 5.97 Å². The number of rotatable bonds is 7. The van der Waals surface area contributed by atoms with Crippen molar-refractivity contribution in [1.82, 2.24) is 5.32 Å². The van der Waals surface area contributed by atoms with E-state index in [1.165, 1.54) is 17.6 Å². The summed E-state index contributed by atoms with van der Waals surface area (Å²) >= 11 is 0. The zero-order valence-electron chi connectivity index (χ0n) is 17.8. The fraction of sp³-hybridized carbons (Fsp3) is 0.391. The molecule has 0 saturated carbocycles. The molecule has 1 heterocycles. The van der Waals surface area contributed by atoms with Crippen molar-refractivity contribution in [3.8, 4) is 0 Å². The molecule has 7 nitrogen and oxygen atoms in total. The van der Waals surface area contributed by atoms with Gasteiger partial charge in [-0.05, 0) is 24.3 Å². The van der Waals surface area contributed by atoms with Crippen LogP contribution in [0.25, 0.3) is 0 Å². The van der Waals surface area contributed by atoms with Crippen molar-refractivity contribution in [2.24, 2.45) is 0 Å². The molecule has 1 aliphatic heterocycles. The molecule has 1 saturated heterocycles. The minimum atomic E-state index is -0.518. The number of ether oxygens (including phenoxy) is 2. The number of benzene rings is 2. The highest BCUT2D eigenvalue weighted by atomic mass is 16.5. The van der Waals surface area contributed by atoms with Crippen molar-refractivity contribution in [2.75, 3.05) is 59.0 Å². The first-order chi connectivity index (χ1) is 14.5. The number of hydrogen-bond acceptors (Lipinski definition) is 5. The van der Waals surface area contributed by atoms with Gasteiger partial charge in [-0.25, -0.2) is 4.79 Å². The van der Waals surface area contributed by atoms with E-state index in [9.17, 15) is 9.59 Å². The molecule has 1 aliphatic rings. The van der Waals surface area contributed by atoms with Gasteiger partial charge in [0, 0.05) is 25.3 Å². The molecular weight excluding hydrogens is 382 g/mol. The highest BCUT2D eigenvalue weighted by Crippen LogP contribution is 2.17. The van der Waals surface area contributed by atoms with Gasteiger partial charge in [0.1, 0.15) is 19.1 Å². The minimum Gasteiger partial charge on any atom is -0.465 e. The van der Waals surface area contributed by atoms with Crippen molar-refractivity contribution in [3.05, 3.63) is 65.2 Å². The number of methoxy groups -OCH3 is 1. The largest absolute Gasteiger partial charge is 0.465 e. The average molecular weight is 413 g/mol. The minimum absolute atomic E-state index is 0.0966. The number of nitrogens with one attached hydrogen (secondary N) is 2. The molecule has 160 valence electrons. The second kappa shape index (κ2) is 10.2. The van der Waals surface area contributed by atoms with Crippen LogP contribution in [0.1, 0.15) is 32.3 Å². The van der Waals surface area contributed by atoms with Crippen LogP contribution in [0.15, 0.2) is 48.5 Å². The molecule has 2 aromatic rings. The lowest BCUT2D eigenvalue weighted by Crippen LogP contribution is -3.15. The van der Waals surface area contributed by atoms with Gasteiger partial charge in [-0.15, -0.1) is 0 Å². The van der Waals surface area contributed by atoms with Gasteiger partial charge in [0.25, 0.3) is 5.91 Å². The van der Waals surface area contributed by atoms with Gasteiger partial charge in [0.15, 0.2) is 0 Å². The van der Waals surface area contributed by atoms with Crippen LogP contribution in [0.4, 0.5) is 5.69 Å². The number of quaternary nitrogens is 1. The van der Waals surface area contributed by atoms with Crippen molar-refractivity contribution in [3.63, 3.8) is 0 Å². The van der Waals surface area contributed by atoms with Gasteiger partial charge in [0.2, 0.25) is 0 Å². The molecule has 1 atom stereocenters. The third kappa shape index (κ3) is 5.17. The van der Waals surface area contributed by atoms with Crippen LogP contribution >= 0.6 is 0 Å². The van der Waals surface area contributed by atoms with Crippen LogP contribution in [0.3, 0.4) is 0 Å². The number of amides is 1. The summed E-state index contributed by atoms with van der Waals surface area (Å²) in [5.74, 6) is -0.797. The zero-order chi connectivity index (χ0) is 21.5. The third-order valence-corrected chi connectivity index (χ3v) is 5.48. The lowest BCUT2D eigenvalue weighted by Gasteiger charge is -2.32. The fourth-order valence-corrected chi connectivity index (χ4v) is 3.74. The monoisotopic (exact) mass is 412 g/mol. The Morgan fingerprint density at radius 1 is 1.07 bits per heavy atom. The first-order valence-electron chi connectivity index (χ1n) is 10.2. The van der Waals surface area contributed by atoms with E-state index < -0.39 is 5.97 Å². The Balaban J connectivity index is 1.78. The maximum atomic E-state index is 12.9. The normalized spacial score (nSPS) is 15.3. The summed E-state index contributed by atoms with van der Waals surface area (Å²) in [6.45, 7) is 3.65. The molecule has 0 radical (unpaired) electrons. The summed E-state index contributed by atoms with van der Waals surface area (Å²) in [7, 11) is 5.34. The van der Waals surface area contributed by atoms with Gasteiger partial charge in [0.05, 0.1) is 38.0 Å². The van der Waals surface area contributed by atoms with E-state index in [2.05, 4.69) is 34.5 Å². The topological polar surface area (TPSA) is 72.3 Å². The lowest BCUT2D eigenvalue weighted by atomic mass is 10.0. The Kier molecular flexibility index (Phi) is 7.43. The van der Waals surface area contributed by atoms with Gasteiger partial charge in [-0.2, -0.15) is 0 Å². The highest BCUT2D eigenvalue weighted by molar-refractivity contribution is 6.05. The number of hydrogen-bond donors (Lipinski definition) is 2. The zero-order valence-corrected chi connectivity index (χ0v) is 17.8. The Labute approximate surface area is 177 Å². The number of carbonyl (C=O) groups is 2. The molecule has 1 amide bonds. The molecule has 2 N–H and O–H groups in total. The molecule has 7 heteroatoms. The van der Waals surface area contributed by atoms with E-state index in [4.69, 9.17) is 9.47 Å². The van der Waals surface area contributed by atoms with Gasteiger partial charge in [-0.1, -0.05) is 24.3 Å². The molecule has 0 aliphatic carbocycles. The Morgan fingerprint density at radius 2 is 1.70 bits per heavy atom. The summed E-state index contributed by atoms with van der Waals surface area (Å²) in [6.07, 6.45) is 0. The lowest BCUT2D eigenvalue weighted by molar-refractivity contribution is -0.937. The smallest absolute Gasteiger partial charge is 0.338 e. The predicted molar refractivity (Wildman–Crippen MR) is 115 cm³/mol. The molecular formula is C23H30N3O4+. The molecule has 3 rings (SSSR count). The number of esters is 1.